The first-order valence-corrected chi connectivity index (χ1v) is 4.60. The van der Waals surface area contributed by atoms with Crippen LogP contribution in [0.5, 0.6) is 0 Å². The molecular weight excluding hydrogens is 178 g/mol. The lowest BCUT2D eigenvalue weighted by Crippen LogP contribution is -2.23. The van der Waals surface area contributed by atoms with Crippen LogP contribution in [0.1, 0.15) is 31.0 Å². The predicted molar refractivity (Wildman–Crippen MR) is 54.6 cm³/mol. The van der Waals surface area contributed by atoms with Crippen LogP contribution in [0.15, 0.2) is 24.3 Å². The summed E-state index contributed by atoms with van der Waals surface area (Å²) in [7, 11) is 0. The quantitative estimate of drug-likeness (QED) is 0.761. The lowest BCUT2D eigenvalue weighted by Gasteiger charge is -2.12. The molecule has 0 aliphatic carbocycles. The summed E-state index contributed by atoms with van der Waals surface area (Å²) in [6, 6.07) is 7.54. The summed E-state index contributed by atoms with van der Waals surface area (Å²) in [6.07, 6.45) is 0. The van der Waals surface area contributed by atoms with Crippen LogP contribution in [0.25, 0.3) is 0 Å². The minimum Gasteiger partial charge on any atom is -0.392 e. The van der Waals surface area contributed by atoms with Gasteiger partial charge in [-0.2, -0.15) is 0 Å². The van der Waals surface area contributed by atoms with E-state index in [-0.39, 0.29) is 18.6 Å². The van der Waals surface area contributed by atoms with Crippen molar-refractivity contribution in [1.82, 2.24) is 5.32 Å². The number of nitrogens with one attached hydrogen (secondary N) is 1. The zero-order chi connectivity index (χ0) is 10.6. The Labute approximate surface area is 83.8 Å². The van der Waals surface area contributed by atoms with E-state index in [1.54, 1.807) is 0 Å². The Balaban J connectivity index is 2.71. The summed E-state index contributed by atoms with van der Waals surface area (Å²) < 4.78 is 0. The molecule has 1 rings (SSSR count). The van der Waals surface area contributed by atoms with Gasteiger partial charge >= 0.3 is 0 Å². The molecule has 0 saturated carbocycles. The van der Waals surface area contributed by atoms with Gasteiger partial charge in [0, 0.05) is 6.92 Å². The van der Waals surface area contributed by atoms with Gasteiger partial charge in [-0.3, -0.25) is 4.79 Å². The zero-order valence-corrected chi connectivity index (χ0v) is 8.45. The maximum Gasteiger partial charge on any atom is 0.217 e. The lowest BCUT2D eigenvalue weighted by molar-refractivity contribution is -0.119. The molecule has 14 heavy (non-hydrogen) atoms. The van der Waals surface area contributed by atoms with Gasteiger partial charge in [-0.25, -0.2) is 0 Å². The van der Waals surface area contributed by atoms with E-state index in [0.717, 1.165) is 11.1 Å². The van der Waals surface area contributed by atoms with Crippen molar-refractivity contribution in [2.24, 2.45) is 0 Å². The first-order chi connectivity index (χ1) is 6.63. The molecule has 0 heterocycles. The van der Waals surface area contributed by atoms with Crippen LogP contribution in [-0.2, 0) is 11.4 Å². The third-order valence-electron chi connectivity index (χ3n) is 2.08. The molecule has 3 heteroatoms. The smallest absolute Gasteiger partial charge is 0.217 e. The topological polar surface area (TPSA) is 49.3 Å². The van der Waals surface area contributed by atoms with Crippen LogP contribution in [0.4, 0.5) is 0 Å². The molecule has 1 aromatic rings. The second-order valence-electron chi connectivity index (χ2n) is 3.32. The van der Waals surface area contributed by atoms with Gasteiger partial charge in [-0.05, 0) is 18.1 Å². The van der Waals surface area contributed by atoms with Gasteiger partial charge in [0.2, 0.25) is 5.91 Å². The minimum atomic E-state index is -0.0382. The summed E-state index contributed by atoms with van der Waals surface area (Å²) in [4.78, 5) is 10.8. The van der Waals surface area contributed by atoms with Gasteiger partial charge in [0.05, 0.1) is 12.6 Å². The molecule has 1 atom stereocenters. The number of hydrogen-bond acceptors (Lipinski definition) is 2. The Morgan fingerprint density at radius 1 is 1.43 bits per heavy atom. The largest absolute Gasteiger partial charge is 0.392 e. The van der Waals surface area contributed by atoms with Gasteiger partial charge in [0.25, 0.3) is 0 Å². The molecule has 1 amide bonds. The van der Waals surface area contributed by atoms with Gasteiger partial charge in [-0.15, -0.1) is 0 Å². The van der Waals surface area contributed by atoms with E-state index in [4.69, 9.17) is 5.11 Å². The average molecular weight is 193 g/mol. The van der Waals surface area contributed by atoms with Crippen LogP contribution in [-0.4, -0.2) is 11.0 Å². The van der Waals surface area contributed by atoms with Crippen molar-refractivity contribution < 1.29 is 9.90 Å². The molecule has 0 aromatic heterocycles. The molecule has 1 aromatic carbocycles. The van der Waals surface area contributed by atoms with Crippen molar-refractivity contribution in [2.45, 2.75) is 26.5 Å². The number of aliphatic hydroxyl groups excluding tert-OH is 1. The number of hydrogen-bond donors (Lipinski definition) is 2. The summed E-state index contributed by atoms with van der Waals surface area (Å²) in [6.45, 7) is 3.47. The first kappa shape index (κ1) is 10.7. The van der Waals surface area contributed by atoms with Gasteiger partial charge in [0.1, 0.15) is 0 Å². The van der Waals surface area contributed by atoms with Gasteiger partial charge in [0.15, 0.2) is 0 Å². The number of rotatable bonds is 3. The average Bonchev–Trinajstić information content (AvgIpc) is 2.17. The van der Waals surface area contributed by atoms with Crippen molar-refractivity contribution in [3.8, 4) is 0 Å². The molecule has 0 spiro atoms. The Morgan fingerprint density at radius 2 is 2.00 bits per heavy atom. The number of carbonyl (C=O) groups excluding carboxylic acids is 1. The number of carbonyl (C=O) groups is 1. The van der Waals surface area contributed by atoms with E-state index in [0.29, 0.717) is 0 Å². The summed E-state index contributed by atoms with van der Waals surface area (Å²) in [5.41, 5.74) is 1.92. The van der Waals surface area contributed by atoms with E-state index >= 15 is 0 Å². The molecule has 3 nitrogen and oxygen atoms in total. The Kier molecular flexibility index (Phi) is 3.65. The molecule has 0 fully saturated rings. The highest BCUT2D eigenvalue weighted by molar-refractivity contribution is 5.73. The summed E-state index contributed by atoms with van der Waals surface area (Å²) in [5, 5.41) is 11.6. The van der Waals surface area contributed by atoms with E-state index in [9.17, 15) is 4.79 Å². The lowest BCUT2D eigenvalue weighted by atomic mass is 10.1. The third kappa shape index (κ3) is 2.85. The standard InChI is InChI=1S/C11H15NO2/c1-8(12-9(2)14)11-5-3-10(7-13)4-6-11/h3-6,8,13H,7H2,1-2H3,(H,12,14)/t8-/m0/s1. The van der Waals surface area contributed by atoms with Crippen LogP contribution in [0.2, 0.25) is 0 Å². The molecule has 0 bridgehead atoms. The fourth-order valence-corrected chi connectivity index (χ4v) is 1.30. The summed E-state index contributed by atoms with van der Waals surface area (Å²) in [5.74, 6) is -0.0382. The molecule has 2 N–H and O–H groups in total. The van der Waals surface area contributed by atoms with E-state index in [1.165, 1.54) is 6.92 Å². The molecule has 0 saturated heterocycles. The monoisotopic (exact) mass is 193 g/mol. The maximum absolute atomic E-state index is 10.8. The maximum atomic E-state index is 10.8. The van der Waals surface area contributed by atoms with E-state index < -0.39 is 0 Å². The fraction of sp³-hybridized carbons (Fsp3) is 0.364. The Morgan fingerprint density at radius 3 is 2.43 bits per heavy atom. The van der Waals surface area contributed by atoms with Crippen molar-refractivity contribution >= 4 is 5.91 Å². The van der Waals surface area contributed by atoms with Crippen LogP contribution >= 0.6 is 0 Å². The Bertz CT molecular complexity index is 306. The molecule has 0 aliphatic heterocycles. The van der Waals surface area contributed by atoms with Gasteiger partial charge in [-0.1, -0.05) is 24.3 Å². The Hall–Kier alpha value is -1.35. The fourth-order valence-electron chi connectivity index (χ4n) is 1.30. The number of benzene rings is 1. The zero-order valence-electron chi connectivity index (χ0n) is 8.45. The third-order valence-corrected chi connectivity index (χ3v) is 2.08. The van der Waals surface area contributed by atoms with Crippen molar-refractivity contribution in [3.05, 3.63) is 35.4 Å². The SMILES string of the molecule is CC(=O)N[C@@H](C)c1ccc(CO)cc1. The highest BCUT2D eigenvalue weighted by Gasteiger charge is 2.05. The second kappa shape index (κ2) is 4.77. The van der Waals surface area contributed by atoms with Crippen LogP contribution < -0.4 is 5.32 Å². The van der Waals surface area contributed by atoms with Gasteiger partial charge < -0.3 is 10.4 Å². The van der Waals surface area contributed by atoms with E-state index in [1.807, 2.05) is 31.2 Å². The predicted octanol–water partition coefficient (Wildman–Crippen LogP) is 1.38. The van der Waals surface area contributed by atoms with Crippen molar-refractivity contribution in [3.63, 3.8) is 0 Å². The first-order valence-electron chi connectivity index (χ1n) is 4.60. The molecule has 0 unspecified atom stereocenters. The second-order valence-corrected chi connectivity index (χ2v) is 3.32. The molecular formula is C11H15NO2. The van der Waals surface area contributed by atoms with E-state index in [2.05, 4.69) is 5.32 Å². The van der Waals surface area contributed by atoms with Crippen molar-refractivity contribution in [2.75, 3.05) is 0 Å². The molecule has 0 aliphatic rings. The molecule has 76 valence electrons. The number of amides is 1. The normalized spacial score (nSPS) is 12.2. The van der Waals surface area contributed by atoms with Crippen LogP contribution in [0.3, 0.4) is 0 Å². The summed E-state index contributed by atoms with van der Waals surface area (Å²) >= 11 is 0. The number of aliphatic hydroxyl groups is 1. The molecule has 0 radical (unpaired) electrons. The van der Waals surface area contributed by atoms with Crippen LogP contribution in [0, 0.1) is 0 Å². The minimum absolute atomic E-state index is 0.0141. The highest BCUT2D eigenvalue weighted by Crippen LogP contribution is 2.13. The highest BCUT2D eigenvalue weighted by atomic mass is 16.3. The van der Waals surface area contributed by atoms with Crippen molar-refractivity contribution in [1.29, 1.82) is 0 Å².